The normalized spacial score (nSPS) is 27.8. The summed E-state index contributed by atoms with van der Waals surface area (Å²) in [6, 6.07) is 9.39. The van der Waals surface area contributed by atoms with Crippen LogP contribution >= 0.6 is 0 Å². The highest BCUT2D eigenvalue weighted by Crippen LogP contribution is 2.40. The van der Waals surface area contributed by atoms with Crippen molar-refractivity contribution in [3.05, 3.63) is 60.2 Å². The second-order valence-corrected chi connectivity index (χ2v) is 10.1. The zero-order valence-electron chi connectivity index (χ0n) is 20.7. The molecule has 3 heterocycles. The molecule has 6 atom stereocenters. The molecule has 2 aliphatic rings. The third kappa shape index (κ3) is 4.54. The summed E-state index contributed by atoms with van der Waals surface area (Å²) in [5.41, 5.74) is 9.39. The first-order valence-electron chi connectivity index (χ1n) is 12.8. The maximum absolute atomic E-state index is 10.9. The van der Waals surface area contributed by atoms with Crippen LogP contribution < -0.4 is 11.1 Å². The van der Waals surface area contributed by atoms with Crippen LogP contribution in [0.25, 0.3) is 11.2 Å². The fraction of sp³-hybridized carbons (Fsp3) is 0.462. The monoisotopic (exact) mass is 504 g/mol. The SMILES string of the molecule is Cc1cnn([C@H]2C[C@@H](n3cnc4c(N)nc(N[C@@H]5CCC[C@H]5OCc5ccccc5)nc43)[C@H](O)[C@@H]2O)c1. The molecule has 2 fully saturated rings. The Morgan fingerprint density at radius 2 is 1.92 bits per heavy atom. The van der Waals surface area contributed by atoms with Gasteiger partial charge in [-0.25, -0.2) is 4.98 Å². The largest absolute Gasteiger partial charge is 0.388 e. The van der Waals surface area contributed by atoms with Gasteiger partial charge in [-0.2, -0.15) is 15.1 Å². The Kier molecular flexibility index (Phi) is 6.27. The van der Waals surface area contributed by atoms with Crippen molar-refractivity contribution in [1.29, 1.82) is 0 Å². The zero-order chi connectivity index (χ0) is 25.5. The Morgan fingerprint density at radius 1 is 1.11 bits per heavy atom. The van der Waals surface area contributed by atoms with Gasteiger partial charge in [-0.3, -0.25) is 4.68 Å². The van der Waals surface area contributed by atoms with E-state index in [4.69, 9.17) is 15.5 Å². The lowest BCUT2D eigenvalue weighted by molar-refractivity contribution is 0.00722. The zero-order valence-corrected chi connectivity index (χ0v) is 20.7. The fourth-order valence-corrected chi connectivity index (χ4v) is 5.62. The van der Waals surface area contributed by atoms with E-state index in [1.807, 2.05) is 31.3 Å². The number of hydrogen-bond donors (Lipinski definition) is 4. The molecular weight excluding hydrogens is 472 g/mol. The fourth-order valence-electron chi connectivity index (χ4n) is 5.62. The average molecular weight is 505 g/mol. The molecule has 0 spiro atoms. The number of aliphatic hydroxyl groups excluding tert-OH is 2. The molecule has 2 aliphatic carbocycles. The van der Waals surface area contributed by atoms with Gasteiger partial charge in [0, 0.05) is 6.20 Å². The van der Waals surface area contributed by atoms with Crippen LogP contribution in [-0.2, 0) is 11.3 Å². The maximum atomic E-state index is 10.9. The molecule has 0 amide bonds. The molecule has 3 aromatic heterocycles. The Hall–Kier alpha value is -3.54. The van der Waals surface area contributed by atoms with E-state index in [0.29, 0.717) is 30.1 Å². The standard InChI is InChI=1S/C26H32N8O3/c1-15-11-29-34(12-15)19-10-18(22(35)23(19)36)33-14-28-21-24(27)31-26(32-25(21)33)30-17-8-5-9-20(17)37-13-16-6-3-2-4-7-16/h2-4,6-7,11-12,14,17-20,22-23,35-36H,5,8-10,13H2,1H3,(H3,27,30,31,32)/t17-,18-,19+,20-,22+,23-/m1/s1. The van der Waals surface area contributed by atoms with Gasteiger partial charge in [0.2, 0.25) is 5.95 Å². The van der Waals surface area contributed by atoms with Crippen LogP contribution in [0.3, 0.4) is 0 Å². The molecule has 0 unspecified atom stereocenters. The number of hydrogen-bond acceptors (Lipinski definition) is 9. The Morgan fingerprint density at radius 3 is 2.70 bits per heavy atom. The van der Waals surface area contributed by atoms with E-state index >= 15 is 0 Å². The number of fused-ring (bicyclic) bond motifs is 1. The predicted octanol–water partition coefficient (Wildman–Crippen LogP) is 2.37. The van der Waals surface area contributed by atoms with Crippen LogP contribution in [-0.4, -0.2) is 63.9 Å². The van der Waals surface area contributed by atoms with E-state index in [9.17, 15) is 10.2 Å². The predicted molar refractivity (Wildman–Crippen MR) is 138 cm³/mol. The summed E-state index contributed by atoms with van der Waals surface area (Å²) < 4.78 is 9.74. The van der Waals surface area contributed by atoms with Crippen molar-refractivity contribution in [1.82, 2.24) is 29.3 Å². The number of anilines is 2. The third-order valence-electron chi connectivity index (χ3n) is 7.57. The van der Waals surface area contributed by atoms with Crippen molar-refractivity contribution in [2.24, 2.45) is 0 Å². The Bertz CT molecular complexity index is 1370. The van der Waals surface area contributed by atoms with Gasteiger partial charge in [-0.05, 0) is 43.7 Å². The number of nitrogens with two attached hydrogens (primary N) is 1. The van der Waals surface area contributed by atoms with E-state index < -0.39 is 18.2 Å². The lowest BCUT2D eigenvalue weighted by Gasteiger charge is -2.22. The van der Waals surface area contributed by atoms with Gasteiger partial charge in [0.1, 0.15) is 17.7 Å². The molecule has 0 radical (unpaired) electrons. The molecule has 0 bridgehead atoms. The first-order chi connectivity index (χ1) is 18.0. The summed E-state index contributed by atoms with van der Waals surface area (Å²) in [6.07, 6.45) is 6.70. The highest BCUT2D eigenvalue weighted by molar-refractivity contribution is 5.83. The topological polar surface area (TPSA) is 149 Å². The lowest BCUT2D eigenvalue weighted by Crippen LogP contribution is -2.32. The maximum Gasteiger partial charge on any atom is 0.227 e. The van der Waals surface area contributed by atoms with E-state index in [0.717, 1.165) is 30.4 Å². The quantitative estimate of drug-likeness (QED) is 0.297. The highest BCUT2D eigenvalue weighted by Gasteiger charge is 2.44. The van der Waals surface area contributed by atoms with E-state index in [1.165, 1.54) is 0 Å². The van der Waals surface area contributed by atoms with Crippen LogP contribution in [0.4, 0.5) is 11.8 Å². The minimum Gasteiger partial charge on any atom is -0.388 e. The number of benzene rings is 1. The second-order valence-electron chi connectivity index (χ2n) is 10.1. The summed E-state index contributed by atoms with van der Waals surface area (Å²) in [6.45, 7) is 2.50. The first-order valence-corrected chi connectivity index (χ1v) is 12.8. The molecule has 6 rings (SSSR count). The molecule has 37 heavy (non-hydrogen) atoms. The number of nitrogens with zero attached hydrogens (tertiary/aromatic N) is 6. The molecule has 0 aliphatic heterocycles. The molecule has 11 heteroatoms. The molecule has 11 nitrogen and oxygen atoms in total. The first kappa shape index (κ1) is 23.8. The van der Waals surface area contributed by atoms with E-state index in [2.05, 4.69) is 32.5 Å². The number of nitrogen functional groups attached to an aromatic ring is 1. The van der Waals surface area contributed by atoms with Crippen molar-refractivity contribution in [3.63, 3.8) is 0 Å². The van der Waals surface area contributed by atoms with Crippen molar-refractivity contribution in [2.45, 2.75) is 75.7 Å². The molecule has 4 aromatic rings. The average Bonchev–Trinajstić information content (AvgIpc) is 3.68. The minimum absolute atomic E-state index is 0.0377. The number of nitrogens with one attached hydrogen (secondary N) is 1. The number of aryl methyl sites for hydroxylation is 1. The number of aromatic nitrogens is 6. The molecule has 194 valence electrons. The summed E-state index contributed by atoms with van der Waals surface area (Å²) in [5, 5.41) is 29.5. The highest BCUT2D eigenvalue weighted by atomic mass is 16.5. The lowest BCUT2D eigenvalue weighted by atomic mass is 10.2. The van der Waals surface area contributed by atoms with Crippen LogP contribution in [0.1, 0.15) is 48.9 Å². The van der Waals surface area contributed by atoms with Gasteiger partial charge in [0.15, 0.2) is 11.5 Å². The molecule has 0 saturated heterocycles. The van der Waals surface area contributed by atoms with Gasteiger partial charge in [-0.1, -0.05) is 30.3 Å². The van der Waals surface area contributed by atoms with E-state index in [-0.39, 0.29) is 24.0 Å². The van der Waals surface area contributed by atoms with Crippen molar-refractivity contribution in [2.75, 3.05) is 11.1 Å². The van der Waals surface area contributed by atoms with Gasteiger partial charge >= 0.3 is 0 Å². The van der Waals surface area contributed by atoms with Crippen molar-refractivity contribution < 1.29 is 14.9 Å². The van der Waals surface area contributed by atoms with Gasteiger partial charge in [-0.15, -0.1) is 0 Å². The summed E-state index contributed by atoms with van der Waals surface area (Å²) in [4.78, 5) is 13.6. The van der Waals surface area contributed by atoms with Crippen molar-refractivity contribution >= 4 is 22.9 Å². The number of aliphatic hydroxyl groups is 2. The third-order valence-corrected chi connectivity index (χ3v) is 7.57. The Labute approximate surface area is 214 Å². The molecular formula is C26H32N8O3. The number of imidazole rings is 1. The smallest absolute Gasteiger partial charge is 0.227 e. The van der Waals surface area contributed by atoms with Crippen LogP contribution in [0.15, 0.2) is 49.1 Å². The van der Waals surface area contributed by atoms with Gasteiger partial charge in [0.05, 0.1) is 43.4 Å². The molecule has 5 N–H and O–H groups in total. The van der Waals surface area contributed by atoms with Crippen LogP contribution in [0, 0.1) is 6.92 Å². The summed E-state index contributed by atoms with van der Waals surface area (Å²) >= 11 is 0. The van der Waals surface area contributed by atoms with Crippen LogP contribution in [0.2, 0.25) is 0 Å². The number of ether oxygens (including phenoxy) is 1. The minimum atomic E-state index is -1.01. The van der Waals surface area contributed by atoms with Crippen LogP contribution in [0.5, 0.6) is 0 Å². The molecule has 1 aromatic carbocycles. The van der Waals surface area contributed by atoms with Gasteiger partial charge < -0.3 is 30.6 Å². The Balaban J connectivity index is 1.22. The van der Waals surface area contributed by atoms with Crippen molar-refractivity contribution in [3.8, 4) is 0 Å². The van der Waals surface area contributed by atoms with E-state index in [1.54, 1.807) is 21.8 Å². The second kappa shape index (κ2) is 9.73. The summed E-state index contributed by atoms with van der Waals surface area (Å²) in [7, 11) is 0. The number of rotatable bonds is 7. The summed E-state index contributed by atoms with van der Waals surface area (Å²) in [5.74, 6) is 0.664. The molecule has 2 saturated carbocycles. The van der Waals surface area contributed by atoms with Gasteiger partial charge in [0.25, 0.3) is 0 Å².